The van der Waals surface area contributed by atoms with E-state index in [-0.39, 0.29) is 7.61 Å². The van der Waals surface area contributed by atoms with E-state index in [1.165, 1.54) is 0 Å². The molecule has 0 amide bonds. The maximum atomic E-state index is 2.76. The van der Waals surface area contributed by atoms with E-state index in [9.17, 15) is 0 Å². The third-order valence-corrected chi connectivity index (χ3v) is 44.8. The zero-order chi connectivity index (χ0) is 15.2. The Morgan fingerprint density at radius 3 is 1.89 bits per heavy atom. The molecule has 0 aliphatic carbocycles. The predicted molar refractivity (Wildman–Crippen MR) is 112 cm³/mol. The summed E-state index contributed by atoms with van der Waals surface area (Å²) in [4.78, 5) is 0. The Labute approximate surface area is 127 Å². The molecule has 0 N–H and O–H groups in total. The Hall–Kier alpha value is 2.15. The van der Waals surface area contributed by atoms with Crippen LogP contribution in [0.3, 0.4) is 0 Å². The fraction of sp³-hybridized carbons (Fsp3) is 1.00. The molecule has 4 atom stereocenters. The molecule has 1 aliphatic rings. The summed E-state index contributed by atoms with van der Waals surface area (Å²) in [7, 11) is 0.891. The van der Waals surface area contributed by atoms with E-state index < -0.39 is 13.2 Å². The SMILES string of the molecule is CC(C)C1[PH](C)(C)P(C)CP(C)CP(C)P1(C)(C)C. The number of hydrogen-bond donors (Lipinski definition) is 0. The third-order valence-electron chi connectivity index (χ3n) is 5.42. The summed E-state index contributed by atoms with van der Waals surface area (Å²) >= 11 is 0. The summed E-state index contributed by atoms with van der Waals surface area (Å²) in [5.74, 6) is 4.12. The van der Waals surface area contributed by atoms with E-state index in [0.29, 0.717) is 15.5 Å². The second-order valence-electron chi connectivity index (χ2n) is 8.67. The van der Waals surface area contributed by atoms with Crippen LogP contribution in [0.1, 0.15) is 13.8 Å². The molecule has 0 bridgehead atoms. The zero-order valence-electron chi connectivity index (χ0n) is 14.9. The molecule has 0 spiro atoms. The van der Waals surface area contributed by atoms with Gasteiger partial charge in [-0.05, 0) is 0 Å². The molecule has 0 aromatic carbocycles. The molecule has 1 fully saturated rings. The summed E-state index contributed by atoms with van der Waals surface area (Å²) in [5, 5.41) is 1.09. The van der Waals surface area contributed by atoms with Crippen molar-refractivity contribution in [3.05, 3.63) is 0 Å². The van der Waals surface area contributed by atoms with Gasteiger partial charge in [-0.3, -0.25) is 0 Å². The van der Waals surface area contributed by atoms with Crippen LogP contribution in [0.5, 0.6) is 0 Å². The summed E-state index contributed by atoms with van der Waals surface area (Å²) in [5.41, 5.74) is 0. The molecule has 5 heteroatoms. The van der Waals surface area contributed by atoms with Crippen molar-refractivity contribution in [3.8, 4) is 0 Å². The van der Waals surface area contributed by atoms with Crippen molar-refractivity contribution in [1.82, 2.24) is 0 Å². The Kier molecular flexibility index (Phi) is 6.04. The average Bonchev–Trinajstić information content (AvgIpc) is 2.12. The van der Waals surface area contributed by atoms with Crippen LogP contribution in [0.25, 0.3) is 0 Å². The van der Waals surface area contributed by atoms with Gasteiger partial charge in [0.25, 0.3) is 0 Å². The first-order valence-corrected chi connectivity index (χ1v) is 21.8. The number of hydrogen-bond acceptors (Lipinski definition) is 0. The molecule has 0 saturated carbocycles. The standard InChI is InChI=1S/C14H37P5/c1-13(2)14-18(6,7)16(4)11-15(3)12-17(5)19(14,8,9)10/h13-14,18H,11-12H2,1-10H3. The van der Waals surface area contributed by atoms with E-state index >= 15 is 0 Å². The van der Waals surface area contributed by atoms with Crippen molar-refractivity contribution in [2.45, 2.75) is 19.2 Å². The molecule has 0 radical (unpaired) electrons. The molecule has 0 aromatic rings. The van der Waals surface area contributed by atoms with Crippen LogP contribution in [-0.2, 0) is 0 Å². The van der Waals surface area contributed by atoms with Crippen molar-refractivity contribution >= 4 is 36.4 Å². The van der Waals surface area contributed by atoms with Crippen LogP contribution in [0.15, 0.2) is 0 Å². The Bertz CT molecular complexity index is 328. The van der Waals surface area contributed by atoms with Crippen LogP contribution in [0, 0.1) is 5.92 Å². The van der Waals surface area contributed by atoms with Crippen LogP contribution in [0.4, 0.5) is 0 Å². The molecule has 4 unspecified atom stereocenters. The van der Waals surface area contributed by atoms with Gasteiger partial charge < -0.3 is 0 Å². The topological polar surface area (TPSA) is 0 Å². The van der Waals surface area contributed by atoms with Gasteiger partial charge >= 0.3 is 127 Å². The minimum absolute atomic E-state index is 0.255. The second-order valence-corrected chi connectivity index (χ2v) is 38.1. The van der Waals surface area contributed by atoms with Crippen LogP contribution >= 0.6 is 36.4 Å². The monoisotopic (exact) mass is 360 g/mol. The number of rotatable bonds is 1. The van der Waals surface area contributed by atoms with Crippen LogP contribution in [-0.4, -0.2) is 70.5 Å². The van der Waals surface area contributed by atoms with Gasteiger partial charge in [-0.25, -0.2) is 0 Å². The molecule has 118 valence electrons. The van der Waals surface area contributed by atoms with Gasteiger partial charge in [-0.15, -0.1) is 0 Å². The molecule has 0 nitrogen and oxygen atoms in total. The first-order valence-electron chi connectivity index (χ1n) is 7.41. The predicted octanol–water partition coefficient (Wildman–Crippen LogP) is 6.51. The van der Waals surface area contributed by atoms with Gasteiger partial charge in [0.05, 0.1) is 0 Å². The van der Waals surface area contributed by atoms with Gasteiger partial charge in [-0.2, -0.15) is 0 Å². The normalized spacial score (nSPS) is 45.5. The third kappa shape index (κ3) is 3.74. The first kappa shape index (κ1) is 19.2. The molecule has 1 saturated heterocycles. The van der Waals surface area contributed by atoms with Crippen molar-refractivity contribution in [2.24, 2.45) is 5.92 Å². The molecule has 19 heavy (non-hydrogen) atoms. The summed E-state index contributed by atoms with van der Waals surface area (Å²) < 4.78 is 0. The zero-order valence-corrected chi connectivity index (χ0v) is 19.4. The summed E-state index contributed by atoms with van der Waals surface area (Å²) in [6, 6.07) is 0. The van der Waals surface area contributed by atoms with Crippen molar-refractivity contribution < 1.29 is 0 Å². The Morgan fingerprint density at radius 2 is 1.47 bits per heavy atom. The van der Waals surface area contributed by atoms with Crippen molar-refractivity contribution in [3.63, 3.8) is 0 Å². The average molecular weight is 360 g/mol. The molecule has 0 aromatic heterocycles. The molecule has 1 aliphatic heterocycles. The van der Waals surface area contributed by atoms with E-state index in [4.69, 9.17) is 0 Å². The summed E-state index contributed by atoms with van der Waals surface area (Å²) in [6.07, 6.45) is -1.51. The van der Waals surface area contributed by atoms with Gasteiger partial charge in [0, 0.05) is 0 Å². The minimum atomic E-state index is -1.51. The quantitative estimate of drug-likeness (QED) is 0.467. The molecular formula is C14H37P5. The fourth-order valence-electron chi connectivity index (χ4n) is 4.54. The summed E-state index contributed by atoms with van der Waals surface area (Å²) in [6.45, 7) is 25.6. The first-order chi connectivity index (χ1) is 8.29. The second kappa shape index (κ2) is 5.98. The Balaban J connectivity index is 3.40. The van der Waals surface area contributed by atoms with E-state index in [2.05, 4.69) is 67.2 Å². The Morgan fingerprint density at radius 1 is 1.00 bits per heavy atom. The van der Waals surface area contributed by atoms with Gasteiger partial charge in [0.1, 0.15) is 0 Å². The van der Waals surface area contributed by atoms with Gasteiger partial charge in [-0.1, -0.05) is 0 Å². The van der Waals surface area contributed by atoms with Gasteiger partial charge in [0.15, 0.2) is 0 Å². The maximum absolute atomic E-state index is 2.76. The molecular weight excluding hydrogens is 323 g/mol. The van der Waals surface area contributed by atoms with E-state index in [0.717, 1.165) is 11.3 Å². The molecule has 1 rings (SSSR count). The molecule has 1 heterocycles. The van der Waals surface area contributed by atoms with Crippen LogP contribution < -0.4 is 0 Å². The fourth-order valence-corrected chi connectivity index (χ4v) is 54.3. The van der Waals surface area contributed by atoms with Crippen molar-refractivity contribution in [2.75, 3.05) is 65.1 Å². The van der Waals surface area contributed by atoms with E-state index in [1.807, 2.05) is 0 Å². The van der Waals surface area contributed by atoms with E-state index in [1.54, 1.807) is 11.8 Å². The van der Waals surface area contributed by atoms with Crippen LogP contribution in [0.2, 0.25) is 0 Å². The van der Waals surface area contributed by atoms with Crippen molar-refractivity contribution in [1.29, 1.82) is 0 Å². The van der Waals surface area contributed by atoms with Gasteiger partial charge in [0.2, 0.25) is 0 Å².